The average molecular weight is 295 g/mol. The van der Waals surface area contributed by atoms with Gasteiger partial charge in [-0.15, -0.1) is 0 Å². The van der Waals surface area contributed by atoms with Crippen LogP contribution in [0.5, 0.6) is 0 Å². The van der Waals surface area contributed by atoms with Gasteiger partial charge in [0.25, 0.3) is 0 Å². The van der Waals surface area contributed by atoms with E-state index in [0.29, 0.717) is 12.4 Å². The lowest BCUT2D eigenvalue weighted by atomic mass is 10.3. The number of amides is 1. The fraction of sp³-hybridized carbons (Fsp3) is 0.538. The number of nitro groups is 1. The van der Waals surface area contributed by atoms with Crippen LogP contribution in [0.4, 0.5) is 17.3 Å². The normalized spacial score (nSPS) is 10.3. The number of hydrogen-bond acceptors (Lipinski definition) is 6. The third-order valence-corrected chi connectivity index (χ3v) is 2.60. The van der Waals surface area contributed by atoms with Crippen molar-refractivity contribution in [3.8, 4) is 0 Å². The number of rotatable bonds is 7. The lowest BCUT2D eigenvalue weighted by molar-refractivity contribution is -0.384. The molecule has 21 heavy (non-hydrogen) atoms. The van der Waals surface area contributed by atoms with Crippen LogP contribution < -0.4 is 15.5 Å². The molecule has 0 spiro atoms. The molecule has 0 aliphatic carbocycles. The zero-order chi connectivity index (χ0) is 16.0. The Labute approximate surface area is 123 Å². The van der Waals surface area contributed by atoms with Gasteiger partial charge in [0.15, 0.2) is 0 Å². The molecule has 0 radical (unpaired) electrons. The zero-order valence-electron chi connectivity index (χ0n) is 12.7. The fourth-order valence-corrected chi connectivity index (χ4v) is 1.80. The van der Waals surface area contributed by atoms with Gasteiger partial charge in [-0.05, 0) is 26.8 Å². The Kier molecular flexibility index (Phi) is 5.89. The van der Waals surface area contributed by atoms with Gasteiger partial charge in [0.2, 0.25) is 11.7 Å². The van der Waals surface area contributed by atoms with Crippen LogP contribution in [-0.4, -0.2) is 42.0 Å². The number of carbonyl (C=O) groups excluding carboxylic acids is 1. The molecule has 116 valence electrons. The molecule has 0 atom stereocenters. The first kappa shape index (κ1) is 16.7. The maximum Gasteiger partial charge on any atom is 0.311 e. The van der Waals surface area contributed by atoms with Crippen LogP contribution in [0.2, 0.25) is 0 Å². The smallest absolute Gasteiger partial charge is 0.311 e. The molecule has 0 bridgehead atoms. The molecule has 0 saturated carbocycles. The molecule has 0 unspecified atom stereocenters. The van der Waals surface area contributed by atoms with Gasteiger partial charge in [0.05, 0.1) is 11.5 Å². The van der Waals surface area contributed by atoms with Crippen LogP contribution >= 0.6 is 0 Å². The van der Waals surface area contributed by atoms with Crippen molar-refractivity contribution in [3.63, 3.8) is 0 Å². The van der Waals surface area contributed by atoms with Crippen molar-refractivity contribution in [1.82, 2.24) is 10.3 Å². The average Bonchev–Trinajstić information content (AvgIpc) is 2.37. The van der Waals surface area contributed by atoms with E-state index in [4.69, 9.17) is 0 Å². The summed E-state index contributed by atoms with van der Waals surface area (Å²) >= 11 is 0. The molecule has 2 N–H and O–H groups in total. The van der Waals surface area contributed by atoms with Crippen molar-refractivity contribution in [2.75, 3.05) is 30.4 Å². The number of nitrogens with one attached hydrogen (secondary N) is 2. The highest BCUT2D eigenvalue weighted by Gasteiger charge is 2.21. The highest BCUT2D eigenvalue weighted by molar-refractivity contribution is 5.82. The number of pyridine rings is 1. The third-order valence-electron chi connectivity index (χ3n) is 2.60. The van der Waals surface area contributed by atoms with E-state index in [2.05, 4.69) is 15.6 Å². The molecule has 8 heteroatoms. The van der Waals surface area contributed by atoms with E-state index in [-0.39, 0.29) is 30.0 Å². The van der Waals surface area contributed by atoms with E-state index in [1.165, 1.54) is 11.0 Å². The molecule has 1 amide bonds. The van der Waals surface area contributed by atoms with Gasteiger partial charge in [-0.3, -0.25) is 14.9 Å². The minimum atomic E-state index is -0.505. The second-order valence-electron chi connectivity index (χ2n) is 4.90. The van der Waals surface area contributed by atoms with Crippen molar-refractivity contribution in [2.24, 2.45) is 0 Å². The van der Waals surface area contributed by atoms with Crippen LogP contribution in [0.1, 0.15) is 20.8 Å². The van der Waals surface area contributed by atoms with Crippen LogP contribution in [0, 0.1) is 10.1 Å². The number of likely N-dealkylation sites (N-methyl/N-ethyl adjacent to an activating group) is 1. The molecule has 0 saturated heterocycles. The van der Waals surface area contributed by atoms with Gasteiger partial charge in [-0.1, -0.05) is 0 Å². The predicted molar refractivity (Wildman–Crippen MR) is 81.6 cm³/mol. The molecule has 1 aromatic rings. The Morgan fingerprint density at radius 1 is 1.48 bits per heavy atom. The maximum atomic E-state index is 11.8. The van der Waals surface area contributed by atoms with E-state index in [0.717, 1.165) is 0 Å². The SMILES string of the molecule is CCNc1ccc([N+](=O)[O-])c(N(C)CC(=O)NC(C)C)n1. The Bertz CT molecular complexity index is 519. The summed E-state index contributed by atoms with van der Waals surface area (Å²) in [6, 6.07) is 2.95. The van der Waals surface area contributed by atoms with Gasteiger partial charge in [0.1, 0.15) is 5.82 Å². The second-order valence-corrected chi connectivity index (χ2v) is 4.90. The molecule has 0 aliphatic rings. The Morgan fingerprint density at radius 3 is 2.67 bits per heavy atom. The van der Waals surface area contributed by atoms with Gasteiger partial charge >= 0.3 is 5.69 Å². The molecule has 1 aromatic heterocycles. The highest BCUT2D eigenvalue weighted by Crippen LogP contribution is 2.26. The number of anilines is 2. The minimum absolute atomic E-state index is 0.00159. The highest BCUT2D eigenvalue weighted by atomic mass is 16.6. The van der Waals surface area contributed by atoms with E-state index in [1.807, 2.05) is 20.8 Å². The minimum Gasteiger partial charge on any atom is -0.370 e. The summed E-state index contributed by atoms with van der Waals surface area (Å²) in [6.45, 7) is 6.26. The summed E-state index contributed by atoms with van der Waals surface area (Å²) in [5.41, 5.74) is -0.128. The zero-order valence-corrected chi connectivity index (χ0v) is 12.7. The van der Waals surface area contributed by atoms with E-state index >= 15 is 0 Å². The summed E-state index contributed by atoms with van der Waals surface area (Å²) in [7, 11) is 1.60. The largest absolute Gasteiger partial charge is 0.370 e. The first-order chi connectivity index (χ1) is 9.85. The molecular weight excluding hydrogens is 274 g/mol. The summed E-state index contributed by atoms with van der Waals surface area (Å²) in [6.07, 6.45) is 0. The Hall–Kier alpha value is -2.38. The molecule has 0 aliphatic heterocycles. The summed E-state index contributed by atoms with van der Waals surface area (Å²) in [5.74, 6) is 0.490. The van der Waals surface area contributed by atoms with Crippen molar-refractivity contribution in [3.05, 3.63) is 22.2 Å². The molecular formula is C13H21N5O3. The summed E-state index contributed by atoms with van der Waals surface area (Å²) in [4.78, 5) is 28.0. The first-order valence-corrected chi connectivity index (χ1v) is 6.75. The molecule has 0 fully saturated rings. The van der Waals surface area contributed by atoms with Crippen LogP contribution in [0.3, 0.4) is 0 Å². The van der Waals surface area contributed by atoms with E-state index in [9.17, 15) is 14.9 Å². The first-order valence-electron chi connectivity index (χ1n) is 6.75. The summed E-state index contributed by atoms with van der Waals surface area (Å²) in [5, 5.41) is 16.8. The topological polar surface area (TPSA) is 100 Å². The van der Waals surface area contributed by atoms with Crippen LogP contribution in [0.25, 0.3) is 0 Å². The van der Waals surface area contributed by atoms with Crippen molar-refractivity contribution >= 4 is 23.2 Å². The van der Waals surface area contributed by atoms with E-state index < -0.39 is 4.92 Å². The molecule has 1 rings (SSSR count). The number of nitrogens with zero attached hydrogens (tertiary/aromatic N) is 3. The van der Waals surface area contributed by atoms with Gasteiger partial charge in [0, 0.05) is 25.7 Å². The maximum absolute atomic E-state index is 11.8. The van der Waals surface area contributed by atoms with Gasteiger partial charge in [-0.25, -0.2) is 4.98 Å². The Morgan fingerprint density at radius 2 is 2.14 bits per heavy atom. The van der Waals surface area contributed by atoms with Crippen molar-refractivity contribution < 1.29 is 9.72 Å². The second kappa shape index (κ2) is 7.41. The van der Waals surface area contributed by atoms with Crippen molar-refractivity contribution in [2.45, 2.75) is 26.8 Å². The predicted octanol–water partition coefficient (Wildman–Crippen LogP) is 1.38. The third kappa shape index (κ3) is 4.90. The van der Waals surface area contributed by atoms with Crippen molar-refractivity contribution in [1.29, 1.82) is 0 Å². The Balaban J connectivity index is 2.99. The molecule has 8 nitrogen and oxygen atoms in total. The van der Waals surface area contributed by atoms with Crippen LogP contribution in [-0.2, 0) is 4.79 Å². The van der Waals surface area contributed by atoms with Crippen LogP contribution in [0.15, 0.2) is 12.1 Å². The lowest BCUT2D eigenvalue weighted by Crippen LogP contribution is -2.39. The van der Waals surface area contributed by atoms with Gasteiger partial charge < -0.3 is 15.5 Å². The lowest BCUT2D eigenvalue weighted by Gasteiger charge is -2.19. The monoisotopic (exact) mass is 295 g/mol. The molecule has 0 aromatic carbocycles. The molecule has 1 heterocycles. The van der Waals surface area contributed by atoms with E-state index in [1.54, 1.807) is 13.1 Å². The standard InChI is InChI=1S/C13H21N5O3/c1-5-14-11-7-6-10(18(20)21)13(16-11)17(4)8-12(19)15-9(2)3/h6-7,9H,5,8H2,1-4H3,(H,14,16)(H,15,19). The van der Waals surface area contributed by atoms with Gasteiger partial charge in [-0.2, -0.15) is 0 Å². The number of aromatic nitrogens is 1. The number of hydrogen-bond donors (Lipinski definition) is 2. The quantitative estimate of drug-likeness (QED) is 0.582. The summed E-state index contributed by atoms with van der Waals surface area (Å²) < 4.78 is 0. The number of carbonyl (C=O) groups is 1. The fourth-order valence-electron chi connectivity index (χ4n) is 1.80.